The molecule has 0 saturated heterocycles. The Morgan fingerprint density at radius 1 is 0.500 bits per heavy atom. The smallest absolute Gasteiger partial charge is 0.115 e. The molecule has 2 rings (SSSR count). The van der Waals surface area contributed by atoms with Crippen molar-refractivity contribution in [2.24, 2.45) is 0 Å². The van der Waals surface area contributed by atoms with Gasteiger partial charge in [0.05, 0.1) is 0 Å². The van der Waals surface area contributed by atoms with Gasteiger partial charge in [-0.05, 0) is 18.2 Å². The lowest BCUT2D eigenvalue weighted by molar-refractivity contribution is 1.17. The normalized spacial score (nSPS) is 6.75. The van der Waals surface area contributed by atoms with E-state index < -0.39 is 0 Å². The van der Waals surface area contributed by atoms with Gasteiger partial charge in [0.1, 0.15) is 6.33 Å². The van der Waals surface area contributed by atoms with Crippen molar-refractivity contribution < 1.29 is 0 Å². The minimum Gasteiger partial charge on any atom is -0.265 e. The predicted octanol–water partition coefficient (Wildman–Crippen LogP) is 3.61. The van der Waals surface area contributed by atoms with E-state index in [1.165, 1.54) is 6.33 Å². The molecule has 3 nitrogen and oxygen atoms in total. The van der Waals surface area contributed by atoms with Crippen LogP contribution in [0.5, 0.6) is 0 Å². The van der Waals surface area contributed by atoms with Gasteiger partial charge >= 0.3 is 0 Å². The molecule has 0 unspecified atom stereocenters. The summed E-state index contributed by atoms with van der Waals surface area (Å²) < 4.78 is 0. The highest BCUT2D eigenvalue weighted by Crippen LogP contribution is 1.73. The maximum absolute atomic E-state index is 3.78. The number of hydrogen-bond donors (Lipinski definition) is 0. The number of hydrogen-bond acceptors (Lipinski definition) is 3. The second-order valence-corrected chi connectivity index (χ2v) is 1.93. The standard InChI is InChI=1S/C5H5N.C4H4N2.2C2H6/c1-2-4-6-5-3-1;1-2-5-4-6-3-1;2*1-2/h1-5H;1-4H;2*1-2H3. The van der Waals surface area contributed by atoms with Crippen molar-refractivity contribution in [2.45, 2.75) is 27.7 Å². The summed E-state index contributed by atoms with van der Waals surface area (Å²) in [4.78, 5) is 11.1. The van der Waals surface area contributed by atoms with Crippen LogP contribution in [0.3, 0.4) is 0 Å². The zero-order valence-corrected chi connectivity index (χ0v) is 10.5. The van der Waals surface area contributed by atoms with E-state index in [-0.39, 0.29) is 0 Å². The van der Waals surface area contributed by atoms with E-state index in [0.29, 0.717) is 0 Å². The Hall–Kier alpha value is -1.77. The van der Waals surface area contributed by atoms with Gasteiger partial charge < -0.3 is 0 Å². The average molecular weight is 219 g/mol. The first kappa shape index (κ1) is 16.7. The molecule has 0 N–H and O–H groups in total. The van der Waals surface area contributed by atoms with E-state index in [9.17, 15) is 0 Å². The zero-order chi connectivity index (χ0) is 12.5. The summed E-state index contributed by atoms with van der Waals surface area (Å²) >= 11 is 0. The molecule has 0 spiro atoms. The maximum Gasteiger partial charge on any atom is 0.115 e. The van der Waals surface area contributed by atoms with E-state index in [1.54, 1.807) is 30.9 Å². The number of pyridine rings is 1. The van der Waals surface area contributed by atoms with Gasteiger partial charge in [-0.1, -0.05) is 33.8 Å². The topological polar surface area (TPSA) is 38.7 Å². The number of nitrogens with zero attached hydrogens (tertiary/aromatic N) is 3. The third-order valence-corrected chi connectivity index (χ3v) is 1.04. The fourth-order valence-electron chi connectivity index (χ4n) is 0.566. The minimum absolute atomic E-state index is 1.50. The lowest BCUT2D eigenvalue weighted by atomic mass is 10.5. The van der Waals surface area contributed by atoms with E-state index in [0.717, 1.165) is 0 Å². The van der Waals surface area contributed by atoms with Crippen LogP contribution < -0.4 is 0 Å². The van der Waals surface area contributed by atoms with Crippen LogP contribution in [0.15, 0.2) is 55.4 Å². The number of rotatable bonds is 0. The summed E-state index contributed by atoms with van der Waals surface area (Å²) in [5.41, 5.74) is 0. The van der Waals surface area contributed by atoms with E-state index in [1.807, 2.05) is 45.9 Å². The van der Waals surface area contributed by atoms with Crippen LogP contribution in [0.25, 0.3) is 0 Å². The molecule has 0 aliphatic rings. The van der Waals surface area contributed by atoms with Gasteiger partial charge in [0.2, 0.25) is 0 Å². The van der Waals surface area contributed by atoms with Crippen LogP contribution in [-0.2, 0) is 0 Å². The highest BCUT2D eigenvalue weighted by molar-refractivity contribution is 4.88. The van der Waals surface area contributed by atoms with Crippen LogP contribution in [0, 0.1) is 0 Å². The Balaban J connectivity index is 0. The molecule has 16 heavy (non-hydrogen) atoms. The van der Waals surface area contributed by atoms with Gasteiger partial charge in [-0.3, -0.25) is 4.98 Å². The lowest BCUT2D eigenvalue weighted by Gasteiger charge is -1.70. The molecule has 0 radical (unpaired) electrons. The van der Waals surface area contributed by atoms with Crippen LogP contribution in [0.4, 0.5) is 0 Å². The molecule has 2 aromatic rings. The molecule has 0 bridgehead atoms. The Morgan fingerprint density at radius 2 is 0.938 bits per heavy atom. The van der Waals surface area contributed by atoms with E-state index in [2.05, 4.69) is 15.0 Å². The highest BCUT2D eigenvalue weighted by atomic mass is 14.8. The third kappa shape index (κ3) is 14.7. The molecular weight excluding hydrogens is 198 g/mol. The summed E-state index contributed by atoms with van der Waals surface area (Å²) in [6, 6.07) is 7.49. The van der Waals surface area contributed by atoms with Crippen molar-refractivity contribution in [1.82, 2.24) is 15.0 Å². The first-order valence-corrected chi connectivity index (χ1v) is 5.55. The zero-order valence-electron chi connectivity index (χ0n) is 10.5. The van der Waals surface area contributed by atoms with Gasteiger partial charge in [0, 0.05) is 24.8 Å². The quantitative estimate of drug-likeness (QED) is 0.679. The fraction of sp³-hybridized carbons (Fsp3) is 0.308. The predicted molar refractivity (Wildman–Crippen MR) is 69.0 cm³/mol. The van der Waals surface area contributed by atoms with Crippen LogP contribution >= 0.6 is 0 Å². The molecule has 0 aliphatic carbocycles. The van der Waals surface area contributed by atoms with Crippen molar-refractivity contribution in [2.75, 3.05) is 0 Å². The van der Waals surface area contributed by atoms with Gasteiger partial charge in [0.15, 0.2) is 0 Å². The van der Waals surface area contributed by atoms with Gasteiger partial charge in [0.25, 0.3) is 0 Å². The largest absolute Gasteiger partial charge is 0.265 e. The van der Waals surface area contributed by atoms with Crippen molar-refractivity contribution in [3.05, 3.63) is 55.4 Å². The average Bonchev–Trinajstić information content (AvgIpc) is 2.48. The maximum atomic E-state index is 3.78. The monoisotopic (exact) mass is 219 g/mol. The molecule has 3 heteroatoms. The Bertz CT molecular complexity index is 187. The van der Waals surface area contributed by atoms with Gasteiger partial charge in [-0.25, -0.2) is 9.97 Å². The van der Waals surface area contributed by atoms with Crippen molar-refractivity contribution >= 4 is 0 Å². The second-order valence-electron chi connectivity index (χ2n) is 1.93. The second kappa shape index (κ2) is 18.9. The highest BCUT2D eigenvalue weighted by Gasteiger charge is 1.59. The van der Waals surface area contributed by atoms with Crippen molar-refractivity contribution in [3.8, 4) is 0 Å². The van der Waals surface area contributed by atoms with Crippen LogP contribution in [0.1, 0.15) is 27.7 Å². The Labute approximate surface area is 98.6 Å². The first-order chi connectivity index (χ1) is 8.00. The summed E-state index contributed by atoms with van der Waals surface area (Å²) in [7, 11) is 0. The molecule has 0 saturated carbocycles. The minimum atomic E-state index is 1.50. The Kier molecular flexibility index (Phi) is 19.7. The summed E-state index contributed by atoms with van der Waals surface area (Å²) in [6.07, 6.45) is 8.38. The van der Waals surface area contributed by atoms with Crippen molar-refractivity contribution in [1.29, 1.82) is 0 Å². The lowest BCUT2D eigenvalue weighted by Crippen LogP contribution is -1.66. The van der Waals surface area contributed by atoms with Gasteiger partial charge in [-0.2, -0.15) is 0 Å². The molecule has 0 amide bonds. The van der Waals surface area contributed by atoms with E-state index in [4.69, 9.17) is 0 Å². The molecule has 88 valence electrons. The summed E-state index contributed by atoms with van der Waals surface area (Å²) in [5.74, 6) is 0. The first-order valence-electron chi connectivity index (χ1n) is 5.55. The summed E-state index contributed by atoms with van der Waals surface area (Å²) in [6.45, 7) is 8.00. The van der Waals surface area contributed by atoms with E-state index >= 15 is 0 Å². The molecule has 0 aromatic carbocycles. The van der Waals surface area contributed by atoms with Crippen LogP contribution in [0.2, 0.25) is 0 Å². The Morgan fingerprint density at radius 3 is 1.06 bits per heavy atom. The molecular formula is C13H21N3. The SMILES string of the molecule is CC.CC.c1ccncc1.c1cncnc1. The van der Waals surface area contributed by atoms with Crippen LogP contribution in [-0.4, -0.2) is 15.0 Å². The summed E-state index contributed by atoms with van der Waals surface area (Å²) in [5, 5.41) is 0. The molecule has 0 atom stereocenters. The molecule has 2 aromatic heterocycles. The molecule has 0 aliphatic heterocycles. The number of aromatic nitrogens is 3. The fourth-order valence-corrected chi connectivity index (χ4v) is 0.566. The molecule has 0 fully saturated rings. The van der Waals surface area contributed by atoms with Gasteiger partial charge in [-0.15, -0.1) is 0 Å². The van der Waals surface area contributed by atoms with Crippen molar-refractivity contribution in [3.63, 3.8) is 0 Å². The third-order valence-electron chi connectivity index (χ3n) is 1.04. The molecule has 2 heterocycles.